The van der Waals surface area contributed by atoms with Crippen molar-refractivity contribution in [1.29, 1.82) is 0 Å². The second-order valence-electron chi connectivity index (χ2n) is 5.76. The Morgan fingerprint density at radius 3 is 2.67 bits per heavy atom. The van der Waals surface area contributed by atoms with Crippen LogP contribution in [0.4, 0.5) is 0 Å². The molecule has 0 bridgehead atoms. The fraction of sp³-hybridized carbons (Fsp3) is 0.769. The standard InChI is InChI=1S/C13H20N4O3S/c1-8-5-16(6-9(2)20-8)11(18)7-21-13-15-14-12(19)17(13)10-3-4-10/h8-10H,3-7H2,1-2H3,(H,14,19)/t8-,9-/m0/s1. The number of nitrogens with one attached hydrogen (secondary N) is 1. The largest absolute Gasteiger partial charge is 0.372 e. The van der Waals surface area contributed by atoms with E-state index in [0.717, 1.165) is 12.8 Å². The summed E-state index contributed by atoms with van der Waals surface area (Å²) in [6.07, 6.45) is 2.16. The summed E-state index contributed by atoms with van der Waals surface area (Å²) in [6.45, 7) is 5.20. The van der Waals surface area contributed by atoms with Crippen LogP contribution in [0.2, 0.25) is 0 Å². The van der Waals surface area contributed by atoms with Crippen LogP contribution >= 0.6 is 11.8 Å². The second kappa shape index (κ2) is 5.84. The summed E-state index contributed by atoms with van der Waals surface area (Å²) >= 11 is 1.33. The maximum absolute atomic E-state index is 12.3. The lowest BCUT2D eigenvalue weighted by Crippen LogP contribution is -2.48. The Morgan fingerprint density at radius 1 is 1.38 bits per heavy atom. The molecule has 0 unspecified atom stereocenters. The zero-order chi connectivity index (χ0) is 15.0. The van der Waals surface area contributed by atoms with Gasteiger partial charge in [0.2, 0.25) is 5.91 Å². The fourth-order valence-electron chi connectivity index (χ4n) is 2.65. The highest BCUT2D eigenvalue weighted by Crippen LogP contribution is 2.36. The van der Waals surface area contributed by atoms with E-state index in [1.54, 1.807) is 4.57 Å². The van der Waals surface area contributed by atoms with Gasteiger partial charge in [0.15, 0.2) is 5.16 Å². The molecule has 1 saturated heterocycles. The molecule has 2 fully saturated rings. The zero-order valence-corrected chi connectivity index (χ0v) is 13.1. The Labute approximate surface area is 127 Å². The molecule has 2 atom stereocenters. The summed E-state index contributed by atoms with van der Waals surface area (Å²) in [6, 6.07) is 0.261. The van der Waals surface area contributed by atoms with E-state index in [2.05, 4.69) is 10.2 Å². The number of ether oxygens (including phenoxy) is 1. The van der Waals surface area contributed by atoms with Crippen LogP contribution in [0, 0.1) is 0 Å². The molecule has 1 saturated carbocycles. The molecule has 8 heteroatoms. The number of thioether (sulfide) groups is 1. The molecule has 0 spiro atoms. The first-order chi connectivity index (χ1) is 10.0. The van der Waals surface area contributed by atoms with Gasteiger partial charge < -0.3 is 9.64 Å². The Balaban J connectivity index is 1.60. The van der Waals surface area contributed by atoms with Crippen molar-refractivity contribution in [1.82, 2.24) is 19.7 Å². The number of hydrogen-bond acceptors (Lipinski definition) is 5. The third-order valence-electron chi connectivity index (χ3n) is 3.68. The Hall–Kier alpha value is -1.28. The molecule has 1 aliphatic carbocycles. The van der Waals surface area contributed by atoms with Gasteiger partial charge >= 0.3 is 5.69 Å². The normalized spacial score (nSPS) is 26.1. The number of morpholine rings is 1. The molecule has 2 heterocycles. The summed E-state index contributed by atoms with van der Waals surface area (Å²) in [5.41, 5.74) is -0.180. The number of H-pyrrole nitrogens is 1. The summed E-state index contributed by atoms with van der Waals surface area (Å²) in [4.78, 5) is 25.8. The van der Waals surface area contributed by atoms with Crippen molar-refractivity contribution in [2.45, 2.75) is 50.1 Å². The Morgan fingerprint density at radius 2 is 2.05 bits per heavy atom. The number of hydrogen-bond donors (Lipinski definition) is 1. The summed E-state index contributed by atoms with van der Waals surface area (Å²) in [7, 11) is 0. The Kier molecular flexibility index (Phi) is 4.08. The van der Waals surface area contributed by atoms with Crippen molar-refractivity contribution in [2.24, 2.45) is 0 Å². The Bertz CT molecular complexity index is 570. The molecule has 1 N–H and O–H groups in total. The molecule has 116 valence electrons. The summed E-state index contributed by atoms with van der Waals surface area (Å²) in [5.74, 6) is 0.371. The highest BCUT2D eigenvalue weighted by atomic mass is 32.2. The van der Waals surface area contributed by atoms with Crippen molar-refractivity contribution < 1.29 is 9.53 Å². The van der Waals surface area contributed by atoms with Crippen molar-refractivity contribution >= 4 is 17.7 Å². The van der Waals surface area contributed by atoms with Gasteiger partial charge in [0.25, 0.3) is 0 Å². The number of aromatic amines is 1. The SMILES string of the molecule is C[C@H]1CN(C(=O)CSc2n[nH]c(=O)n2C2CC2)C[C@H](C)O1. The van der Waals surface area contributed by atoms with E-state index in [9.17, 15) is 9.59 Å². The van der Waals surface area contributed by atoms with Crippen molar-refractivity contribution in [3.05, 3.63) is 10.5 Å². The molecule has 7 nitrogen and oxygen atoms in total. The monoisotopic (exact) mass is 312 g/mol. The van der Waals surface area contributed by atoms with Gasteiger partial charge in [-0.3, -0.25) is 9.36 Å². The van der Waals surface area contributed by atoms with E-state index < -0.39 is 0 Å². The van der Waals surface area contributed by atoms with Crippen LogP contribution in [-0.4, -0.2) is 56.6 Å². The van der Waals surface area contributed by atoms with Crippen LogP contribution < -0.4 is 5.69 Å². The third-order valence-corrected chi connectivity index (χ3v) is 4.62. The average Bonchev–Trinajstić information content (AvgIpc) is 3.19. The third kappa shape index (κ3) is 3.32. The molecule has 0 aromatic carbocycles. The lowest BCUT2D eigenvalue weighted by atomic mass is 10.2. The number of rotatable bonds is 4. The minimum atomic E-state index is -0.180. The number of carbonyl (C=O) groups excluding carboxylic acids is 1. The molecule has 2 aliphatic rings. The molecule has 1 amide bonds. The number of aromatic nitrogens is 3. The summed E-state index contributed by atoms with van der Waals surface area (Å²) in [5, 5.41) is 7.10. The molecule has 1 aromatic rings. The maximum Gasteiger partial charge on any atom is 0.344 e. The highest BCUT2D eigenvalue weighted by molar-refractivity contribution is 7.99. The smallest absolute Gasteiger partial charge is 0.344 e. The quantitative estimate of drug-likeness (QED) is 0.825. The van der Waals surface area contributed by atoms with Gasteiger partial charge in [-0.05, 0) is 26.7 Å². The zero-order valence-electron chi connectivity index (χ0n) is 12.2. The van der Waals surface area contributed by atoms with Crippen LogP contribution in [0.1, 0.15) is 32.7 Å². The highest BCUT2D eigenvalue weighted by Gasteiger charge is 2.30. The predicted octanol–water partition coefficient (Wildman–Crippen LogP) is 0.634. The molecule has 0 radical (unpaired) electrons. The molecule has 21 heavy (non-hydrogen) atoms. The molecule has 1 aromatic heterocycles. The fourth-order valence-corrected chi connectivity index (χ4v) is 3.56. The number of carbonyl (C=O) groups is 1. The van der Waals surface area contributed by atoms with Gasteiger partial charge in [-0.15, -0.1) is 5.10 Å². The van der Waals surface area contributed by atoms with E-state index in [0.29, 0.717) is 24.0 Å². The van der Waals surface area contributed by atoms with Gasteiger partial charge in [-0.25, -0.2) is 9.89 Å². The maximum atomic E-state index is 12.3. The first-order valence-corrected chi connectivity index (χ1v) is 8.26. The van der Waals surface area contributed by atoms with E-state index >= 15 is 0 Å². The van der Waals surface area contributed by atoms with Crippen LogP contribution in [0.5, 0.6) is 0 Å². The lowest BCUT2D eigenvalue weighted by molar-refractivity contribution is -0.140. The van der Waals surface area contributed by atoms with Crippen LogP contribution in [0.3, 0.4) is 0 Å². The van der Waals surface area contributed by atoms with Gasteiger partial charge in [0.1, 0.15) is 0 Å². The average molecular weight is 312 g/mol. The first-order valence-electron chi connectivity index (χ1n) is 7.27. The topological polar surface area (TPSA) is 80.2 Å². The van der Waals surface area contributed by atoms with Crippen LogP contribution in [0.15, 0.2) is 9.95 Å². The van der Waals surface area contributed by atoms with Gasteiger partial charge in [-0.2, -0.15) is 0 Å². The lowest BCUT2D eigenvalue weighted by Gasteiger charge is -2.35. The number of nitrogens with zero attached hydrogens (tertiary/aromatic N) is 3. The van der Waals surface area contributed by atoms with Gasteiger partial charge in [-0.1, -0.05) is 11.8 Å². The minimum Gasteiger partial charge on any atom is -0.372 e. The van der Waals surface area contributed by atoms with Gasteiger partial charge in [0, 0.05) is 19.1 Å². The van der Waals surface area contributed by atoms with Crippen molar-refractivity contribution in [3.63, 3.8) is 0 Å². The molecular formula is C13H20N4O3S. The molecule has 3 rings (SSSR count). The van der Waals surface area contributed by atoms with Crippen LogP contribution in [0.25, 0.3) is 0 Å². The van der Waals surface area contributed by atoms with E-state index in [-0.39, 0.29) is 29.8 Å². The number of amides is 1. The van der Waals surface area contributed by atoms with E-state index in [1.807, 2.05) is 18.7 Å². The van der Waals surface area contributed by atoms with Gasteiger partial charge in [0.05, 0.1) is 18.0 Å². The van der Waals surface area contributed by atoms with Crippen molar-refractivity contribution in [3.8, 4) is 0 Å². The van der Waals surface area contributed by atoms with Crippen molar-refractivity contribution in [2.75, 3.05) is 18.8 Å². The van der Waals surface area contributed by atoms with E-state index in [1.165, 1.54) is 11.8 Å². The second-order valence-corrected chi connectivity index (χ2v) is 6.70. The molecular weight excluding hydrogens is 292 g/mol. The van der Waals surface area contributed by atoms with E-state index in [4.69, 9.17) is 4.74 Å². The predicted molar refractivity (Wildman–Crippen MR) is 78.4 cm³/mol. The van der Waals surface area contributed by atoms with Crippen LogP contribution in [-0.2, 0) is 9.53 Å². The first kappa shape index (κ1) is 14.6. The minimum absolute atomic E-state index is 0.0673. The summed E-state index contributed by atoms with van der Waals surface area (Å²) < 4.78 is 7.30. The molecule has 1 aliphatic heterocycles.